The highest BCUT2D eigenvalue weighted by Gasteiger charge is 2.21. The third-order valence-electron chi connectivity index (χ3n) is 3.81. The Balaban J connectivity index is 2.19. The van der Waals surface area contributed by atoms with E-state index >= 15 is 0 Å². The van der Waals surface area contributed by atoms with E-state index in [9.17, 15) is 4.39 Å². The third kappa shape index (κ3) is 4.13. The smallest absolute Gasteiger partial charge is 0.137 e. The molecule has 0 aliphatic rings. The highest BCUT2D eigenvalue weighted by molar-refractivity contribution is 9.10. The van der Waals surface area contributed by atoms with Crippen molar-refractivity contribution in [2.24, 2.45) is 5.84 Å². The van der Waals surface area contributed by atoms with Crippen molar-refractivity contribution in [3.05, 3.63) is 69.9 Å². The van der Waals surface area contributed by atoms with Crippen molar-refractivity contribution in [2.45, 2.75) is 31.7 Å². The van der Waals surface area contributed by atoms with Gasteiger partial charge < -0.3 is 0 Å². The minimum Gasteiger partial charge on any atom is -0.271 e. The number of nitrogens with one attached hydrogen (secondary N) is 1. The van der Waals surface area contributed by atoms with E-state index in [-0.39, 0.29) is 11.9 Å². The molecule has 0 aliphatic carbocycles. The predicted octanol–water partition coefficient (Wildman–Crippen LogP) is 4.16. The minimum absolute atomic E-state index is 0.106. The molecule has 0 amide bonds. The van der Waals surface area contributed by atoms with Crippen LogP contribution < -0.4 is 11.3 Å². The first-order valence-corrected chi connectivity index (χ1v) is 7.90. The molecule has 2 aromatic carbocycles. The maximum atomic E-state index is 13.3. The number of hydrogen-bond acceptors (Lipinski definition) is 2. The van der Waals surface area contributed by atoms with Crippen LogP contribution in [0.4, 0.5) is 4.39 Å². The zero-order chi connectivity index (χ0) is 15.2. The Bertz CT molecular complexity index is 574. The number of nitrogens with two attached hydrogens (primary N) is 1. The predicted molar refractivity (Wildman–Crippen MR) is 88.4 cm³/mol. The highest BCUT2D eigenvalue weighted by Crippen LogP contribution is 2.26. The quantitative estimate of drug-likeness (QED) is 0.606. The van der Waals surface area contributed by atoms with Crippen molar-refractivity contribution in [3.63, 3.8) is 0 Å². The molecule has 2 unspecified atom stereocenters. The number of rotatable bonds is 6. The van der Waals surface area contributed by atoms with Crippen LogP contribution >= 0.6 is 15.9 Å². The topological polar surface area (TPSA) is 38.0 Å². The van der Waals surface area contributed by atoms with E-state index in [0.29, 0.717) is 10.4 Å². The first kappa shape index (κ1) is 16.1. The lowest BCUT2D eigenvalue weighted by Gasteiger charge is -2.26. The van der Waals surface area contributed by atoms with Gasteiger partial charge in [0.1, 0.15) is 5.82 Å². The van der Waals surface area contributed by atoms with Gasteiger partial charge in [-0.05, 0) is 52.0 Å². The van der Waals surface area contributed by atoms with Gasteiger partial charge in [-0.3, -0.25) is 11.3 Å². The zero-order valence-electron chi connectivity index (χ0n) is 12.0. The summed E-state index contributed by atoms with van der Waals surface area (Å²) in [7, 11) is 0. The number of halogens is 2. The van der Waals surface area contributed by atoms with Gasteiger partial charge in [-0.1, -0.05) is 43.3 Å². The van der Waals surface area contributed by atoms with Crippen LogP contribution in [0, 0.1) is 5.82 Å². The maximum Gasteiger partial charge on any atom is 0.137 e. The molecule has 21 heavy (non-hydrogen) atoms. The van der Waals surface area contributed by atoms with Crippen molar-refractivity contribution in [1.82, 2.24) is 5.43 Å². The summed E-state index contributed by atoms with van der Waals surface area (Å²) in [6, 6.07) is 15.6. The molecule has 2 atom stereocenters. The summed E-state index contributed by atoms with van der Waals surface area (Å²) in [6.45, 7) is 2.16. The van der Waals surface area contributed by atoms with Gasteiger partial charge >= 0.3 is 0 Å². The van der Waals surface area contributed by atoms with Crippen molar-refractivity contribution < 1.29 is 4.39 Å². The Morgan fingerprint density at radius 2 is 1.90 bits per heavy atom. The fourth-order valence-corrected chi connectivity index (χ4v) is 3.12. The molecule has 0 aliphatic heterocycles. The Labute approximate surface area is 133 Å². The van der Waals surface area contributed by atoms with Gasteiger partial charge in [-0.15, -0.1) is 0 Å². The zero-order valence-corrected chi connectivity index (χ0v) is 13.6. The molecule has 0 bridgehead atoms. The van der Waals surface area contributed by atoms with Gasteiger partial charge in [-0.25, -0.2) is 4.39 Å². The average Bonchev–Trinajstić information content (AvgIpc) is 2.51. The van der Waals surface area contributed by atoms with Crippen LogP contribution in [0.25, 0.3) is 0 Å². The van der Waals surface area contributed by atoms with E-state index in [1.165, 1.54) is 11.6 Å². The molecule has 0 heterocycles. The maximum absolute atomic E-state index is 13.3. The van der Waals surface area contributed by atoms with Gasteiger partial charge in [-0.2, -0.15) is 0 Å². The van der Waals surface area contributed by atoms with Crippen molar-refractivity contribution in [3.8, 4) is 0 Å². The normalized spacial score (nSPS) is 13.9. The molecule has 0 fully saturated rings. The van der Waals surface area contributed by atoms with Crippen LogP contribution in [-0.2, 0) is 6.42 Å². The van der Waals surface area contributed by atoms with E-state index in [1.807, 2.05) is 30.3 Å². The molecular formula is C17H20BrFN2. The van der Waals surface area contributed by atoms with Gasteiger partial charge in [0.2, 0.25) is 0 Å². The molecule has 3 N–H and O–H groups in total. The Morgan fingerprint density at radius 1 is 1.19 bits per heavy atom. The van der Waals surface area contributed by atoms with E-state index in [2.05, 4.69) is 40.4 Å². The molecule has 112 valence electrons. The second kappa shape index (κ2) is 7.69. The van der Waals surface area contributed by atoms with E-state index in [4.69, 9.17) is 5.84 Å². The monoisotopic (exact) mass is 350 g/mol. The molecule has 0 saturated carbocycles. The lowest BCUT2D eigenvalue weighted by Crippen LogP contribution is -2.41. The standard InChI is InChI=1S/C17H20BrFN2/c1-2-14(13-6-4-3-5-7-13)17(21-20)11-12-8-9-16(19)15(18)10-12/h3-10,14,17,21H,2,11,20H2,1H3. The fourth-order valence-electron chi connectivity index (χ4n) is 2.69. The first-order chi connectivity index (χ1) is 10.2. The Kier molecular flexibility index (Phi) is 5.91. The Hall–Kier alpha value is -1.23. The van der Waals surface area contributed by atoms with Crippen LogP contribution in [0.5, 0.6) is 0 Å². The van der Waals surface area contributed by atoms with E-state index in [0.717, 1.165) is 18.4 Å². The molecule has 0 radical (unpaired) electrons. The highest BCUT2D eigenvalue weighted by atomic mass is 79.9. The number of hydrogen-bond donors (Lipinski definition) is 2. The minimum atomic E-state index is -0.244. The van der Waals surface area contributed by atoms with Gasteiger partial charge in [0.05, 0.1) is 4.47 Å². The summed E-state index contributed by atoms with van der Waals surface area (Å²) in [5.41, 5.74) is 5.25. The summed E-state index contributed by atoms with van der Waals surface area (Å²) in [5, 5.41) is 0. The second-order valence-electron chi connectivity index (χ2n) is 5.15. The molecular weight excluding hydrogens is 331 g/mol. The van der Waals surface area contributed by atoms with Crippen LogP contribution in [0.2, 0.25) is 0 Å². The largest absolute Gasteiger partial charge is 0.271 e. The average molecular weight is 351 g/mol. The molecule has 2 nitrogen and oxygen atoms in total. The summed E-state index contributed by atoms with van der Waals surface area (Å²) in [4.78, 5) is 0. The van der Waals surface area contributed by atoms with Crippen molar-refractivity contribution >= 4 is 15.9 Å². The lowest BCUT2D eigenvalue weighted by molar-refractivity contribution is 0.427. The van der Waals surface area contributed by atoms with Crippen LogP contribution in [0.15, 0.2) is 53.0 Å². The van der Waals surface area contributed by atoms with E-state index in [1.54, 1.807) is 0 Å². The first-order valence-electron chi connectivity index (χ1n) is 7.10. The second-order valence-corrected chi connectivity index (χ2v) is 6.01. The van der Waals surface area contributed by atoms with Gasteiger partial charge in [0, 0.05) is 12.0 Å². The fraction of sp³-hybridized carbons (Fsp3) is 0.294. The molecule has 0 aromatic heterocycles. The van der Waals surface area contributed by atoms with Gasteiger partial charge in [0.25, 0.3) is 0 Å². The lowest BCUT2D eigenvalue weighted by atomic mass is 9.86. The van der Waals surface area contributed by atoms with Crippen LogP contribution in [0.3, 0.4) is 0 Å². The summed E-state index contributed by atoms with van der Waals surface area (Å²) in [5.74, 6) is 5.84. The summed E-state index contributed by atoms with van der Waals surface area (Å²) >= 11 is 3.23. The van der Waals surface area contributed by atoms with Gasteiger partial charge in [0.15, 0.2) is 0 Å². The number of hydrazine groups is 1. The molecule has 4 heteroatoms. The number of benzene rings is 2. The van der Waals surface area contributed by atoms with Crippen LogP contribution in [0.1, 0.15) is 30.4 Å². The summed E-state index contributed by atoms with van der Waals surface area (Å²) < 4.78 is 13.8. The van der Waals surface area contributed by atoms with Crippen molar-refractivity contribution in [1.29, 1.82) is 0 Å². The van der Waals surface area contributed by atoms with E-state index < -0.39 is 0 Å². The summed E-state index contributed by atoms with van der Waals surface area (Å²) in [6.07, 6.45) is 1.74. The molecule has 2 aromatic rings. The van der Waals surface area contributed by atoms with Crippen molar-refractivity contribution in [2.75, 3.05) is 0 Å². The molecule has 2 rings (SSSR count). The Morgan fingerprint density at radius 3 is 2.48 bits per heavy atom. The third-order valence-corrected chi connectivity index (χ3v) is 4.41. The SMILES string of the molecule is CCC(c1ccccc1)C(Cc1ccc(F)c(Br)c1)NN. The molecule has 0 spiro atoms. The van der Waals surface area contributed by atoms with Crippen LogP contribution in [-0.4, -0.2) is 6.04 Å². The molecule has 0 saturated heterocycles.